The molecule has 0 bridgehead atoms. The molecular weight excluding hydrogens is 403 g/mol. The van der Waals surface area contributed by atoms with Gasteiger partial charge in [-0.25, -0.2) is 0 Å². The molecule has 4 nitrogen and oxygen atoms in total. The summed E-state index contributed by atoms with van der Waals surface area (Å²) in [5, 5.41) is 3.53. The fourth-order valence-electron chi connectivity index (χ4n) is 2.60. The molecule has 0 aromatic heterocycles. The van der Waals surface area contributed by atoms with Crippen molar-refractivity contribution < 1.29 is 9.59 Å². The number of nitrogens with one attached hydrogen (secondary N) is 1. The number of likely N-dealkylation sites (N-methyl/N-ethyl adjacent to an activating group) is 1. The minimum atomic E-state index is -0.620. The molecule has 1 N–H and O–H groups in total. The Morgan fingerprint density at radius 2 is 1.85 bits per heavy atom. The fourth-order valence-corrected chi connectivity index (χ4v) is 3.57. The van der Waals surface area contributed by atoms with Gasteiger partial charge in [0.15, 0.2) is 0 Å². The lowest BCUT2D eigenvalue weighted by molar-refractivity contribution is -0.132. The smallest absolute Gasteiger partial charge is 0.253 e. The van der Waals surface area contributed by atoms with Crippen molar-refractivity contribution in [1.29, 1.82) is 0 Å². The zero-order valence-electron chi connectivity index (χ0n) is 15.2. The number of halogens is 2. The Kier molecular flexibility index (Phi) is 8.48. The molecule has 144 valence electrons. The molecule has 1 atom stereocenters. The van der Waals surface area contributed by atoms with Crippen LogP contribution in [0.3, 0.4) is 0 Å². The molecule has 0 aliphatic rings. The third-order valence-electron chi connectivity index (χ3n) is 4.03. The summed E-state index contributed by atoms with van der Waals surface area (Å²) in [7, 11) is 1.74. The van der Waals surface area contributed by atoms with Gasteiger partial charge in [-0.2, -0.15) is 11.8 Å². The van der Waals surface area contributed by atoms with Crippen molar-refractivity contribution in [3.8, 4) is 0 Å². The van der Waals surface area contributed by atoms with Crippen LogP contribution in [0.4, 0.5) is 0 Å². The van der Waals surface area contributed by atoms with Crippen LogP contribution in [0.5, 0.6) is 0 Å². The van der Waals surface area contributed by atoms with Crippen LogP contribution in [0, 0.1) is 0 Å². The van der Waals surface area contributed by atoms with Crippen LogP contribution >= 0.6 is 35.0 Å². The third-order valence-corrected chi connectivity index (χ3v) is 5.22. The van der Waals surface area contributed by atoms with Crippen molar-refractivity contribution >= 4 is 46.8 Å². The summed E-state index contributed by atoms with van der Waals surface area (Å²) in [6.45, 7) is 0.479. The minimum Gasteiger partial charge on any atom is -0.340 e. The SMILES string of the molecule is CSCCC(NC(=O)c1ccc(Cl)cc1Cl)C(=O)N(C)Cc1ccccc1. The molecule has 0 saturated carbocycles. The van der Waals surface area contributed by atoms with Crippen LogP contribution in [-0.4, -0.2) is 41.8 Å². The van der Waals surface area contributed by atoms with E-state index in [1.54, 1.807) is 35.8 Å². The lowest BCUT2D eigenvalue weighted by Gasteiger charge is -2.25. The Labute approximate surface area is 174 Å². The first kappa shape index (κ1) is 21.6. The van der Waals surface area contributed by atoms with Crippen molar-refractivity contribution in [3.63, 3.8) is 0 Å². The molecule has 7 heteroatoms. The molecule has 0 heterocycles. The van der Waals surface area contributed by atoms with Crippen molar-refractivity contribution in [2.24, 2.45) is 0 Å². The number of carbonyl (C=O) groups is 2. The number of hydrogen-bond donors (Lipinski definition) is 1. The maximum absolute atomic E-state index is 12.9. The largest absolute Gasteiger partial charge is 0.340 e. The van der Waals surface area contributed by atoms with E-state index in [2.05, 4.69) is 5.32 Å². The number of carbonyl (C=O) groups excluding carboxylic acids is 2. The van der Waals surface area contributed by atoms with Crippen molar-refractivity contribution in [2.75, 3.05) is 19.1 Å². The van der Waals surface area contributed by atoms with Crippen LogP contribution in [0.25, 0.3) is 0 Å². The Morgan fingerprint density at radius 1 is 1.15 bits per heavy atom. The van der Waals surface area contributed by atoms with Crippen molar-refractivity contribution in [1.82, 2.24) is 10.2 Å². The van der Waals surface area contributed by atoms with E-state index in [0.717, 1.165) is 11.3 Å². The minimum absolute atomic E-state index is 0.133. The van der Waals surface area contributed by atoms with E-state index in [1.807, 2.05) is 36.6 Å². The first-order chi connectivity index (χ1) is 12.9. The van der Waals surface area contributed by atoms with Crippen LogP contribution in [-0.2, 0) is 11.3 Å². The number of thioether (sulfide) groups is 1. The van der Waals surface area contributed by atoms with E-state index in [9.17, 15) is 9.59 Å². The average Bonchev–Trinajstić information content (AvgIpc) is 2.65. The van der Waals surface area contributed by atoms with Crippen LogP contribution < -0.4 is 5.32 Å². The second-order valence-corrected chi connectivity index (χ2v) is 7.94. The second-order valence-electron chi connectivity index (χ2n) is 6.11. The Hall–Kier alpha value is -1.69. The van der Waals surface area contributed by atoms with E-state index in [1.165, 1.54) is 6.07 Å². The van der Waals surface area contributed by atoms with Gasteiger partial charge in [0.05, 0.1) is 10.6 Å². The molecular formula is C20H22Cl2N2O2S. The predicted molar refractivity (Wildman–Crippen MR) is 114 cm³/mol. The highest BCUT2D eigenvalue weighted by Crippen LogP contribution is 2.21. The molecule has 1 unspecified atom stereocenters. The van der Waals surface area contributed by atoms with Gasteiger partial charge in [-0.05, 0) is 42.2 Å². The summed E-state index contributed by atoms with van der Waals surface area (Å²) in [5.74, 6) is 0.236. The summed E-state index contributed by atoms with van der Waals surface area (Å²) < 4.78 is 0. The number of benzene rings is 2. The van der Waals surface area contributed by atoms with Gasteiger partial charge in [-0.1, -0.05) is 53.5 Å². The zero-order valence-corrected chi connectivity index (χ0v) is 17.6. The summed E-state index contributed by atoms with van der Waals surface area (Å²) in [5.41, 5.74) is 1.33. The van der Waals surface area contributed by atoms with Gasteiger partial charge in [0, 0.05) is 18.6 Å². The van der Waals surface area contributed by atoms with Crippen LogP contribution in [0.2, 0.25) is 10.0 Å². The van der Waals surface area contributed by atoms with Crippen molar-refractivity contribution in [3.05, 3.63) is 69.7 Å². The molecule has 27 heavy (non-hydrogen) atoms. The molecule has 0 fully saturated rings. The summed E-state index contributed by atoms with van der Waals surface area (Å²) in [6, 6.07) is 13.8. The third kappa shape index (κ3) is 6.45. The monoisotopic (exact) mass is 424 g/mol. The molecule has 0 saturated heterocycles. The van der Waals surface area contributed by atoms with E-state index < -0.39 is 6.04 Å². The van der Waals surface area contributed by atoms with Crippen LogP contribution in [0.1, 0.15) is 22.3 Å². The number of amides is 2. The average molecular weight is 425 g/mol. The fraction of sp³-hybridized carbons (Fsp3) is 0.300. The lowest BCUT2D eigenvalue weighted by Crippen LogP contribution is -2.47. The summed E-state index contributed by atoms with van der Waals surface area (Å²) in [4.78, 5) is 27.2. The molecule has 0 aliphatic carbocycles. The normalized spacial score (nSPS) is 11.7. The van der Waals surface area contributed by atoms with Gasteiger partial charge in [0.2, 0.25) is 5.91 Å². The van der Waals surface area contributed by atoms with Crippen molar-refractivity contribution in [2.45, 2.75) is 19.0 Å². The molecule has 2 amide bonds. The Balaban J connectivity index is 2.10. The number of rotatable bonds is 8. The molecule has 0 aliphatic heterocycles. The molecule has 2 aromatic rings. The van der Waals surface area contributed by atoms with E-state index in [0.29, 0.717) is 23.6 Å². The Bertz CT molecular complexity index is 787. The first-order valence-electron chi connectivity index (χ1n) is 8.46. The van der Waals surface area contributed by atoms with E-state index in [-0.39, 0.29) is 16.8 Å². The topological polar surface area (TPSA) is 49.4 Å². The number of nitrogens with zero attached hydrogens (tertiary/aromatic N) is 1. The molecule has 2 aromatic carbocycles. The lowest BCUT2D eigenvalue weighted by atomic mass is 10.1. The quantitative estimate of drug-likeness (QED) is 0.678. The summed E-state index contributed by atoms with van der Waals surface area (Å²) in [6.07, 6.45) is 2.50. The summed E-state index contributed by atoms with van der Waals surface area (Å²) >= 11 is 13.6. The highest BCUT2D eigenvalue weighted by Gasteiger charge is 2.25. The maximum atomic E-state index is 12.9. The van der Waals surface area contributed by atoms with E-state index >= 15 is 0 Å². The first-order valence-corrected chi connectivity index (χ1v) is 10.6. The molecule has 2 rings (SSSR count). The van der Waals surface area contributed by atoms with Gasteiger partial charge in [0.25, 0.3) is 5.91 Å². The second kappa shape index (κ2) is 10.6. The van der Waals surface area contributed by atoms with Gasteiger partial charge in [0.1, 0.15) is 6.04 Å². The molecule has 0 spiro atoms. The zero-order chi connectivity index (χ0) is 19.8. The predicted octanol–water partition coefficient (Wildman–Crippen LogP) is 4.50. The van der Waals surface area contributed by atoms with Gasteiger partial charge >= 0.3 is 0 Å². The van der Waals surface area contributed by atoms with Gasteiger partial charge < -0.3 is 10.2 Å². The highest BCUT2D eigenvalue weighted by atomic mass is 35.5. The highest BCUT2D eigenvalue weighted by molar-refractivity contribution is 7.98. The number of hydrogen-bond acceptors (Lipinski definition) is 3. The Morgan fingerprint density at radius 3 is 2.48 bits per heavy atom. The van der Waals surface area contributed by atoms with Crippen LogP contribution in [0.15, 0.2) is 48.5 Å². The van der Waals surface area contributed by atoms with E-state index in [4.69, 9.17) is 23.2 Å². The maximum Gasteiger partial charge on any atom is 0.253 e. The molecule has 0 radical (unpaired) electrons. The standard InChI is InChI=1S/C20H22Cl2N2O2S/c1-24(13-14-6-4-3-5-7-14)20(26)18(10-11-27-2)23-19(25)16-9-8-15(21)12-17(16)22/h3-9,12,18H,10-11,13H2,1-2H3,(H,23,25). The van der Waals surface area contributed by atoms with Gasteiger partial charge in [-0.3, -0.25) is 9.59 Å². The van der Waals surface area contributed by atoms with Gasteiger partial charge in [-0.15, -0.1) is 0 Å².